The van der Waals surface area contributed by atoms with E-state index in [1.54, 1.807) is 0 Å². The van der Waals surface area contributed by atoms with E-state index in [4.69, 9.17) is 11.6 Å². The summed E-state index contributed by atoms with van der Waals surface area (Å²) >= 11 is 6.51. The van der Waals surface area contributed by atoms with Crippen LogP contribution in [-0.4, -0.2) is 0 Å². The predicted octanol–water partition coefficient (Wildman–Crippen LogP) is 5.89. The average Bonchev–Trinajstić information content (AvgIpc) is 2.90. The zero-order valence-corrected chi connectivity index (χ0v) is 12.3. The van der Waals surface area contributed by atoms with Crippen molar-refractivity contribution in [3.05, 3.63) is 35.4 Å². The van der Waals surface area contributed by atoms with Gasteiger partial charge in [0.2, 0.25) is 0 Å². The molecule has 2 rings (SSSR count). The minimum Gasteiger partial charge on any atom is -0.118 e. The van der Waals surface area contributed by atoms with Crippen LogP contribution < -0.4 is 0 Å². The van der Waals surface area contributed by atoms with Crippen molar-refractivity contribution < 1.29 is 0 Å². The van der Waals surface area contributed by atoms with Gasteiger partial charge in [-0.1, -0.05) is 63.3 Å². The maximum atomic E-state index is 6.51. The van der Waals surface area contributed by atoms with Crippen LogP contribution in [0, 0.1) is 5.92 Å². The Morgan fingerprint density at radius 1 is 1.17 bits per heavy atom. The Morgan fingerprint density at radius 2 is 1.83 bits per heavy atom. The van der Waals surface area contributed by atoms with Gasteiger partial charge in [0.25, 0.3) is 0 Å². The van der Waals surface area contributed by atoms with Crippen molar-refractivity contribution in [1.82, 2.24) is 0 Å². The van der Waals surface area contributed by atoms with E-state index in [9.17, 15) is 0 Å². The van der Waals surface area contributed by atoms with Crippen LogP contribution in [0.1, 0.15) is 68.4 Å². The number of hydrogen-bond donors (Lipinski definition) is 0. The van der Waals surface area contributed by atoms with E-state index in [1.807, 2.05) is 0 Å². The molecule has 0 amide bonds. The smallest absolute Gasteiger partial charge is 0.0585 e. The summed E-state index contributed by atoms with van der Waals surface area (Å²) in [6.07, 6.45) is 10.6. The van der Waals surface area contributed by atoms with E-state index >= 15 is 0 Å². The lowest BCUT2D eigenvalue weighted by atomic mass is 9.97. The number of hydrogen-bond acceptors (Lipinski definition) is 0. The molecule has 1 aromatic carbocycles. The van der Waals surface area contributed by atoms with Crippen LogP contribution in [0.3, 0.4) is 0 Å². The lowest BCUT2D eigenvalue weighted by Crippen LogP contribution is -1.98. The first-order valence-corrected chi connectivity index (χ1v) is 7.96. The first-order valence-electron chi connectivity index (χ1n) is 7.52. The Hall–Kier alpha value is -0.490. The minimum absolute atomic E-state index is 0.210. The van der Waals surface area contributed by atoms with Crippen molar-refractivity contribution >= 4 is 11.6 Å². The fraction of sp³-hybridized carbons (Fsp3) is 0.647. The molecule has 1 atom stereocenters. The zero-order valence-electron chi connectivity index (χ0n) is 11.5. The van der Waals surface area contributed by atoms with Gasteiger partial charge in [-0.05, 0) is 36.3 Å². The molecule has 0 heterocycles. The molecule has 0 aromatic heterocycles. The van der Waals surface area contributed by atoms with E-state index in [0.717, 1.165) is 12.3 Å². The lowest BCUT2D eigenvalue weighted by Gasteiger charge is -2.13. The number of benzene rings is 1. The van der Waals surface area contributed by atoms with Crippen LogP contribution in [-0.2, 0) is 6.42 Å². The normalized spacial score (nSPS) is 18.1. The Kier molecular flexibility index (Phi) is 5.56. The molecule has 0 radical (unpaired) electrons. The number of aryl methyl sites for hydroxylation is 1. The second kappa shape index (κ2) is 7.19. The van der Waals surface area contributed by atoms with Crippen LogP contribution in [0.5, 0.6) is 0 Å². The molecule has 1 aromatic rings. The van der Waals surface area contributed by atoms with E-state index < -0.39 is 0 Å². The van der Waals surface area contributed by atoms with Crippen molar-refractivity contribution in [2.24, 2.45) is 5.92 Å². The highest BCUT2D eigenvalue weighted by molar-refractivity contribution is 6.20. The Bertz CT molecular complexity index is 335. The average molecular weight is 265 g/mol. The molecule has 1 saturated carbocycles. The van der Waals surface area contributed by atoms with Gasteiger partial charge in [0.05, 0.1) is 5.38 Å². The highest BCUT2D eigenvalue weighted by atomic mass is 35.5. The summed E-state index contributed by atoms with van der Waals surface area (Å²) in [6.45, 7) is 2.22. The van der Waals surface area contributed by atoms with Gasteiger partial charge in [-0.3, -0.25) is 0 Å². The first kappa shape index (κ1) is 13.9. The molecule has 1 aliphatic carbocycles. The fourth-order valence-corrected chi connectivity index (χ4v) is 3.30. The van der Waals surface area contributed by atoms with Gasteiger partial charge < -0.3 is 0 Å². The third-order valence-corrected chi connectivity index (χ3v) is 4.65. The summed E-state index contributed by atoms with van der Waals surface area (Å²) in [7, 11) is 0. The quantitative estimate of drug-likeness (QED) is 0.562. The van der Waals surface area contributed by atoms with Gasteiger partial charge in [0.15, 0.2) is 0 Å². The Balaban J connectivity index is 1.81. The molecular weight excluding hydrogens is 240 g/mol. The molecule has 100 valence electrons. The number of rotatable bonds is 6. The standard InChI is InChI=1S/C17H25Cl/c1-2-5-14-8-11-16(12-9-14)17(18)13-10-15-6-3-4-7-15/h8-9,11-12,15,17H,2-7,10,13H2,1H3. The summed E-state index contributed by atoms with van der Waals surface area (Å²) in [5.41, 5.74) is 2.73. The second-order valence-corrected chi connectivity index (χ2v) is 6.21. The van der Waals surface area contributed by atoms with E-state index in [1.165, 1.54) is 56.1 Å². The van der Waals surface area contributed by atoms with Crippen molar-refractivity contribution in [3.8, 4) is 0 Å². The van der Waals surface area contributed by atoms with E-state index in [-0.39, 0.29) is 5.38 Å². The molecule has 0 saturated heterocycles. The fourth-order valence-electron chi connectivity index (χ4n) is 3.03. The predicted molar refractivity (Wildman–Crippen MR) is 80.2 cm³/mol. The van der Waals surface area contributed by atoms with Crippen LogP contribution in [0.15, 0.2) is 24.3 Å². The van der Waals surface area contributed by atoms with Crippen molar-refractivity contribution in [2.75, 3.05) is 0 Å². The molecule has 0 spiro atoms. The van der Waals surface area contributed by atoms with E-state index in [2.05, 4.69) is 31.2 Å². The molecule has 1 fully saturated rings. The van der Waals surface area contributed by atoms with E-state index in [0.29, 0.717) is 0 Å². The summed E-state index contributed by atoms with van der Waals surface area (Å²) in [6, 6.07) is 8.92. The van der Waals surface area contributed by atoms with Crippen LogP contribution >= 0.6 is 11.6 Å². The second-order valence-electron chi connectivity index (χ2n) is 5.69. The third-order valence-electron chi connectivity index (χ3n) is 4.18. The van der Waals surface area contributed by atoms with Gasteiger partial charge in [-0.25, -0.2) is 0 Å². The number of alkyl halides is 1. The summed E-state index contributed by atoms with van der Waals surface area (Å²) in [5.74, 6) is 0.950. The van der Waals surface area contributed by atoms with Crippen LogP contribution in [0.25, 0.3) is 0 Å². The van der Waals surface area contributed by atoms with Crippen molar-refractivity contribution in [1.29, 1.82) is 0 Å². The maximum Gasteiger partial charge on any atom is 0.0585 e. The Morgan fingerprint density at radius 3 is 2.44 bits per heavy atom. The summed E-state index contributed by atoms with van der Waals surface area (Å²) in [5, 5.41) is 0.210. The molecule has 0 bridgehead atoms. The van der Waals surface area contributed by atoms with Gasteiger partial charge in [-0.2, -0.15) is 0 Å². The zero-order chi connectivity index (χ0) is 12.8. The molecule has 1 aliphatic rings. The molecule has 18 heavy (non-hydrogen) atoms. The minimum atomic E-state index is 0.210. The van der Waals surface area contributed by atoms with Crippen LogP contribution in [0.2, 0.25) is 0 Å². The van der Waals surface area contributed by atoms with Crippen molar-refractivity contribution in [2.45, 2.75) is 63.7 Å². The topological polar surface area (TPSA) is 0 Å². The maximum absolute atomic E-state index is 6.51. The van der Waals surface area contributed by atoms with Gasteiger partial charge in [0, 0.05) is 0 Å². The molecule has 1 heteroatoms. The van der Waals surface area contributed by atoms with Gasteiger partial charge >= 0.3 is 0 Å². The summed E-state index contributed by atoms with van der Waals surface area (Å²) in [4.78, 5) is 0. The number of halogens is 1. The largest absolute Gasteiger partial charge is 0.118 e. The highest BCUT2D eigenvalue weighted by Crippen LogP contribution is 2.33. The SMILES string of the molecule is CCCc1ccc(C(Cl)CCC2CCCC2)cc1. The van der Waals surface area contributed by atoms with Gasteiger partial charge in [-0.15, -0.1) is 11.6 Å². The summed E-state index contributed by atoms with van der Waals surface area (Å²) < 4.78 is 0. The molecule has 0 N–H and O–H groups in total. The highest BCUT2D eigenvalue weighted by Gasteiger charge is 2.17. The molecule has 1 unspecified atom stereocenters. The molecule has 0 aliphatic heterocycles. The monoisotopic (exact) mass is 264 g/mol. The van der Waals surface area contributed by atoms with Gasteiger partial charge in [0.1, 0.15) is 0 Å². The third kappa shape index (κ3) is 4.02. The molecule has 0 nitrogen and oxygen atoms in total. The van der Waals surface area contributed by atoms with Crippen molar-refractivity contribution in [3.63, 3.8) is 0 Å². The lowest BCUT2D eigenvalue weighted by molar-refractivity contribution is 0.480. The molecular formula is C17H25Cl. The Labute approximate surface area is 117 Å². The van der Waals surface area contributed by atoms with Crippen LogP contribution in [0.4, 0.5) is 0 Å². The first-order chi connectivity index (χ1) is 8.79.